The van der Waals surface area contributed by atoms with Crippen molar-refractivity contribution in [1.82, 2.24) is 5.32 Å². The average Bonchev–Trinajstić information content (AvgIpc) is 2.66. The van der Waals surface area contributed by atoms with Crippen molar-refractivity contribution in [3.05, 3.63) is 69.8 Å². The minimum absolute atomic E-state index is 0.0415. The van der Waals surface area contributed by atoms with Crippen LogP contribution in [0.1, 0.15) is 15.9 Å². The summed E-state index contributed by atoms with van der Waals surface area (Å²) >= 11 is 0. The maximum atomic E-state index is 12.1. The van der Waals surface area contributed by atoms with E-state index >= 15 is 0 Å². The monoisotopic (exact) mass is 371 g/mol. The van der Waals surface area contributed by atoms with E-state index in [1.165, 1.54) is 43.5 Å². The average molecular weight is 371 g/mol. The molecule has 0 bridgehead atoms. The highest BCUT2D eigenvalue weighted by molar-refractivity contribution is 5.97. The largest absolute Gasteiger partial charge is 0.468 e. The van der Waals surface area contributed by atoms with E-state index in [-0.39, 0.29) is 24.6 Å². The van der Waals surface area contributed by atoms with E-state index in [0.29, 0.717) is 16.8 Å². The lowest BCUT2D eigenvalue weighted by Crippen LogP contribution is -2.30. The number of esters is 1. The number of hydrogen-bond acceptors (Lipinski definition) is 6. The van der Waals surface area contributed by atoms with Crippen LogP contribution in [0.4, 0.5) is 11.4 Å². The Morgan fingerprint density at radius 1 is 1.04 bits per heavy atom. The number of non-ortho nitro benzene ring substituents is 1. The van der Waals surface area contributed by atoms with E-state index in [1.807, 2.05) is 0 Å². The number of nitrogens with one attached hydrogen (secondary N) is 2. The van der Waals surface area contributed by atoms with Gasteiger partial charge in [0.1, 0.15) is 6.54 Å². The quantitative estimate of drug-likeness (QED) is 0.433. The molecular formula is C18H17N3O6. The third-order valence-electron chi connectivity index (χ3n) is 3.56. The molecule has 0 atom stereocenters. The van der Waals surface area contributed by atoms with E-state index in [2.05, 4.69) is 15.4 Å². The van der Waals surface area contributed by atoms with Crippen molar-refractivity contribution in [2.24, 2.45) is 0 Å². The second-order valence-corrected chi connectivity index (χ2v) is 5.48. The highest BCUT2D eigenvalue weighted by Crippen LogP contribution is 2.14. The Labute approximate surface area is 154 Å². The Hall–Kier alpha value is -3.75. The summed E-state index contributed by atoms with van der Waals surface area (Å²) in [5.74, 6) is -1.30. The summed E-state index contributed by atoms with van der Waals surface area (Å²) in [6.45, 7) is -0.233. The number of nitro groups is 1. The van der Waals surface area contributed by atoms with Gasteiger partial charge in [0.15, 0.2) is 0 Å². The molecule has 0 saturated carbocycles. The molecule has 2 rings (SSSR count). The molecule has 140 valence electrons. The van der Waals surface area contributed by atoms with Gasteiger partial charge in [0.05, 0.1) is 18.5 Å². The number of rotatable bonds is 7. The van der Waals surface area contributed by atoms with Gasteiger partial charge in [-0.15, -0.1) is 0 Å². The fraction of sp³-hybridized carbons (Fsp3) is 0.167. The summed E-state index contributed by atoms with van der Waals surface area (Å²) in [7, 11) is 1.22. The number of amides is 2. The molecule has 0 saturated heterocycles. The topological polar surface area (TPSA) is 128 Å². The van der Waals surface area contributed by atoms with Crippen LogP contribution >= 0.6 is 0 Å². The maximum absolute atomic E-state index is 12.1. The standard InChI is InChI=1S/C18H17N3O6/c1-27-17(23)11-19-18(24)13-4-6-14(7-5-13)20-16(22)10-12-2-8-15(9-3-12)21(25)26/h2-9H,10-11H2,1H3,(H,19,24)(H,20,22). The van der Waals surface area contributed by atoms with Gasteiger partial charge in [0, 0.05) is 23.4 Å². The number of nitrogens with zero attached hydrogens (tertiary/aromatic N) is 1. The minimum Gasteiger partial charge on any atom is -0.468 e. The third-order valence-corrected chi connectivity index (χ3v) is 3.56. The molecule has 0 heterocycles. The SMILES string of the molecule is COC(=O)CNC(=O)c1ccc(NC(=O)Cc2ccc([N+](=O)[O-])cc2)cc1. The van der Waals surface area contributed by atoms with Crippen LogP contribution < -0.4 is 10.6 Å². The number of anilines is 1. The zero-order valence-corrected chi connectivity index (χ0v) is 14.4. The van der Waals surface area contributed by atoms with Crippen molar-refractivity contribution in [2.75, 3.05) is 19.0 Å². The van der Waals surface area contributed by atoms with Crippen LogP contribution in [0.3, 0.4) is 0 Å². The number of hydrogen-bond donors (Lipinski definition) is 2. The molecule has 0 aromatic heterocycles. The van der Waals surface area contributed by atoms with Gasteiger partial charge in [-0.05, 0) is 29.8 Å². The van der Waals surface area contributed by atoms with Gasteiger partial charge in [-0.25, -0.2) is 0 Å². The van der Waals surface area contributed by atoms with Crippen LogP contribution in [0.5, 0.6) is 0 Å². The molecule has 0 radical (unpaired) electrons. The summed E-state index contributed by atoms with van der Waals surface area (Å²) in [5.41, 5.74) is 1.41. The van der Waals surface area contributed by atoms with Crippen molar-refractivity contribution < 1.29 is 24.0 Å². The Morgan fingerprint density at radius 3 is 2.22 bits per heavy atom. The van der Waals surface area contributed by atoms with Gasteiger partial charge in [-0.3, -0.25) is 24.5 Å². The van der Waals surface area contributed by atoms with Gasteiger partial charge < -0.3 is 15.4 Å². The number of carbonyl (C=O) groups is 3. The highest BCUT2D eigenvalue weighted by atomic mass is 16.6. The normalized spacial score (nSPS) is 9.96. The number of methoxy groups -OCH3 is 1. The molecule has 9 heteroatoms. The lowest BCUT2D eigenvalue weighted by molar-refractivity contribution is -0.384. The summed E-state index contributed by atoms with van der Waals surface area (Å²) < 4.78 is 4.43. The predicted octanol–water partition coefficient (Wildman–Crippen LogP) is 1.68. The van der Waals surface area contributed by atoms with Crippen molar-refractivity contribution >= 4 is 29.2 Å². The molecule has 0 aliphatic carbocycles. The van der Waals surface area contributed by atoms with Gasteiger partial charge in [0.2, 0.25) is 5.91 Å². The van der Waals surface area contributed by atoms with Crippen LogP contribution in [0.15, 0.2) is 48.5 Å². The Kier molecular flexibility index (Phi) is 6.59. The Balaban J connectivity index is 1.89. The zero-order valence-electron chi connectivity index (χ0n) is 14.4. The summed E-state index contributed by atoms with van der Waals surface area (Å²) in [4.78, 5) is 45.0. The van der Waals surface area contributed by atoms with Crippen LogP contribution in [0.25, 0.3) is 0 Å². The molecule has 2 amide bonds. The van der Waals surface area contributed by atoms with Crippen molar-refractivity contribution in [3.8, 4) is 0 Å². The highest BCUT2D eigenvalue weighted by Gasteiger charge is 2.10. The minimum atomic E-state index is -0.557. The third kappa shape index (κ3) is 5.92. The van der Waals surface area contributed by atoms with Crippen molar-refractivity contribution in [2.45, 2.75) is 6.42 Å². The smallest absolute Gasteiger partial charge is 0.325 e. The molecule has 2 aromatic rings. The zero-order chi connectivity index (χ0) is 19.8. The molecule has 27 heavy (non-hydrogen) atoms. The lowest BCUT2D eigenvalue weighted by Gasteiger charge is -2.07. The van der Waals surface area contributed by atoms with Gasteiger partial charge in [-0.2, -0.15) is 0 Å². The van der Waals surface area contributed by atoms with Crippen LogP contribution in [0.2, 0.25) is 0 Å². The summed E-state index contributed by atoms with van der Waals surface area (Å²) in [5, 5.41) is 15.7. The molecule has 0 fully saturated rings. The van der Waals surface area contributed by atoms with Gasteiger partial charge >= 0.3 is 5.97 Å². The molecule has 2 aromatic carbocycles. The second-order valence-electron chi connectivity index (χ2n) is 5.48. The Morgan fingerprint density at radius 2 is 1.67 bits per heavy atom. The van der Waals surface area contributed by atoms with Crippen molar-refractivity contribution in [1.29, 1.82) is 0 Å². The van der Waals surface area contributed by atoms with Crippen LogP contribution in [0, 0.1) is 10.1 Å². The first-order valence-electron chi connectivity index (χ1n) is 7.87. The predicted molar refractivity (Wildman–Crippen MR) is 96.2 cm³/mol. The maximum Gasteiger partial charge on any atom is 0.325 e. The van der Waals surface area contributed by atoms with Gasteiger partial charge in [-0.1, -0.05) is 12.1 Å². The molecule has 2 N–H and O–H groups in total. The molecule has 9 nitrogen and oxygen atoms in total. The summed E-state index contributed by atoms with van der Waals surface area (Å²) in [6, 6.07) is 11.8. The fourth-order valence-corrected chi connectivity index (χ4v) is 2.16. The van der Waals surface area contributed by atoms with Gasteiger partial charge in [0.25, 0.3) is 11.6 Å². The number of nitro benzene ring substituents is 1. The van der Waals surface area contributed by atoms with Crippen LogP contribution in [-0.4, -0.2) is 36.4 Å². The second kappa shape index (κ2) is 9.09. The van der Waals surface area contributed by atoms with E-state index in [4.69, 9.17) is 0 Å². The van der Waals surface area contributed by atoms with Crippen molar-refractivity contribution in [3.63, 3.8) is 0 Å². The van der Waals surface area contributed by atoms with E-state index < -0.39 is 16.8 Å². The first kappa shape index (κ1) is 19.6. The first-order valence-corrected chi connectivity index (χ1v) is 7.87. The molecule has 0 unspecified atom stereocenters. The molecule has 0 aliphatic heterocycles. The Bertz CT molecular complexity index is 846. The number of carbonyl (C=O) groups excluding carboxylic acids is 3. The fourth-order valence-electron chi connectivity index (χ4n) is 2.16. The van der Waals surface area contributed by atoms with E-state index in [1.54, 1.807) is 12.1 Å². The number of ether oxygens (including phenoxy) is 1. The van der Waals surface area contributed by atoms with E-state index in [0.717, 1.165) is 0 Å². The number of benzene rings is 2. The van der Waals surface area contributed by atoms with E-state index in [9.17, 15) is 24.5 Å². The molecular weight excluding hydrogens is 354 g/mol. The lowest BCUT2D eigenvalue weighted by atomic mass is 10.1. The molecule has 0 spiro atoms. The first-order chi connectivity index (χ1) is 12.9. The van der Waals surface area contributed by atoms with Crippen LogP contribution in [-0.2, 0) is 20.7 Å². The molecule has 0 aliphatic rings. The summed E-state index contributed by atoms with van der Waals surface area (Å²) in [6.07, 6.45) is 0.0549.